The fourth-order valence-electron chi connectivity index (χ4n) is 9.94. The normalized spacial score (nSPS) is 14.2. The van der Waals surface area contributed by atoms with Crippen molar-refractivity contribution in [2.75, 3.05) is 39.6 Å². The third-order valence-electron chi connectivity index (χ3n) is 15.3. The number of carbonyl (C=O) groups excluding carboxylic acids is 4. The molecule has 0 aromatic carbocycles. The van der Waals surface area contributed by atoms with E-state index in [4.69, 9.17) is 37.0 Å². The number of hydrogen-bond donors (Lipinski definition) is 3. The van der Waals surface area contributed by atoms with Gasteiger partial charge in [-0.1, -0.05) is 285 Å². The Morgan fingerprint density at radius 2 is 0.541 bits per heavy atom. The number of unbranched alkanes of at least 4 members (excludes halogenated alkanes) is 38. The second kappa shape index (κ2) is 59.7. The van der Waals surface area contributed by atoms with E-state index in [1.54, 1.807) is 0 Å². The first-order valence-electron chi connectivity index (χ1n) is 34.6. The summed E-state index contributed by atoms with van der Waals surface area (Å²) >= 11 is 0. The van der Waals surface area contributed by atoms with Crippen LogP contribution in [0.25, 0.3) is 0 Å². The summed E-state index contributed by atoms with van der Waals surface area (Å²) < 4.78 is 68.1. The number of esters is 4. The van der Waals surface area contributed by atoms with Crippen LogP contribution in [0.2, 0.25) is 0 Å². The van der Waals surface area contributed by atoms with Gasteiger partial charge in [0.15, 0.2) is 12.2 Å². The third kappa shape index (κ3) is 60.7. The molecule has 85 heavy (non-hydrogen) atoms. The fourth-order valence-corrected chi connectivity index (χ4v) is 11.5. The van der Waals surface area contributed by atoms with Crippen LogP contribution in [-0.4, -0.2) is 96.7 Å². The number of phosphoric acid groups is 2. The molecule has 17 nitrogen and oxygen atoms in total. The largest absolute Gasteiger partial charge is 0.472 e. The second-order valence-corrected chi connectivity index (χ2v) is 27.2. The van der Waals surface area contributed by atoms with Gasteiger partial charge >= 0.3 is 39.5 Å². The minimum Gasteiger partial charge on any atom is -0.462 e. The van der Waals surface area contributed by atoms with Gasteiger partial charge in [-0.2, -0.15) is 0 Å². The van der Waals surface area contributed by atoms with Crippen molar-refractivity contribution >= 4 is 39.5 Å². The molecule has 0 heterocycles. The molecule has 0 rings (SSSR count). The van der Waals surface area contributed by atoms with Crippen LogP contribution in [0.3, 0.4) is 0 Å². The fraction of sp³-hybridized carbons (Fsp3) is 0.939. The molecule has 0 amide bonds. The van der Waals surface area contributed by atoms with Crippen molar-refractivity contribution in [2.24, 2.45) is 5.92 Å². The zero-order chi connectivity index (χ0) is 62.8. The van der Waals surface area contributed by atoms with Gasteiger partial charge in [-0.3, -0.25) is 37.3 Å². The Morgan fingerprint density at radius 1 is 0.318 bits per heavy atom. The van der Waals surface area contributed by atoms with Crippen LogP contribution >= 0.6 is 15.6 Å². The molecule has 5 atom stereocenters. The zero-order valence-electron chi connectivity index (χ0n) is 54.7. The molecule has 0 aliphatic rings. The Balaban J connectivity index is 5.25. The molecular weight excluding hydrogens is 1130 g/mol. The third-order valence-corrected chi connectivity index (χ3v) is 17.2. The Bertz CT molecular complexity index is 1650. The minimum atomic E-state index is -4.94. The van der Waals surface area contributed by atoms with Gasteiger partial charge in [-0.15, -0.1) is 0 Å². The number of rotatable bonds is 66. The van der Waals surface area contributed by atoms with Crippen molar-refractivity contribution in [3.63, 3.8) is 0 Å². The van der Waals surface area contributed by atoms with Gasteiger partial charge in [0.2, 0.25) is 0 Å². The Kier molecular flexibility index (Phi) is 58.3. The molecule has 0 saturated heterocycles. The van der Waals surface area contributed by atoms with Crippen molar-refractivity contribution < 1.29 is 80.2 Å². The van der Waals surface area contributed by atoms with E-state index in [1.165, 1.54) is 161 Å². The second-order valence-electron chi connectivity index (χ2n) is 24.3. The van der Waals surface area contributed by atoms with Crippen molar-refractivity contribution in [1.29, 1.82) is 0 Å². The first kappa shape index (κ1) is 83.1. The summed E-state index contributed by atoms with van der Waals surface area (Å²) in [6.45, 7) is 7.18. The Labute approximate surface area is 517 Å². The van der Waals surface area contributed by atoms with Crippen molar-refractivity contribution in [3.05, 3.63) is 0 Å². The van der Waals surface area contributed by atoms with Crippen LogP contribution in [0.1, 0.15) is 336 Å². The van der Waals surface area contributed by atoms with Gasteiger partial charge in [0, 0.05) is 25.7 Å². The van der Waals surface area contributed by atoms with Gasteiger partial charge < -0.3 is 33.8 Å². The SMILES string of the molecule is CCCCCCCCCCCCCC(=O)OC[C@H](COP(=O)(O)OC[C@H](O)COP(=O)(O)OC[C@@H](COC(=O)CCCCCCCCCCCCC)OC(=O)CCCCCCCCCCCC(C)C)OC(=O)CCCCCCCCCCCCC. The Morgan fingerprint density at radius 3 is 0.800 bits per heavy atom. The van der Waals surface area contributed by atoms with Crippen LogP contribution in [-0.2, 0) is 65.4 Å². The predicted octanol–water partition coefficient (Wildman–Crippen LogP) is 18.6. The number of ether oxygens (including phenoxy) is 4. The molecule has 0 bridgehead atoms. The maximum atomic E-state index is 13.0. The lowest BCUT2D eigenvalue weighted by atomic mass is 10.0. The number of phosphoric ester groups is 2. The summed E-state index contributed by atoms with van der Waals surface area (Å²) in [6.07, 6.45) is 44.3. The molecule has 0 aliphatic heterocycles. The molecule has 0 aromatic rings. The van der Waals surface area contributed by atoms with Gasteiger partial charge in [0.25, 0.3) is 0 Å². The molecule has 0 saturated carbocycles. The molecule has 2 unspecified atom stereocenters. The highest BCUT2D eigenvalue weighted by Gasteiger charge is 2.30. The molecule has 0 aromatic heterocycles. The molecular formula is C66H128O17P2. The van der Waals surface area contributed by atoms with Crippen LogP contribution in [0.5, 0.6) is 0 Å². The lowest BCUT2D eigenvalue weighted by Gasteiger charge is -2.21. The maximum Gasteiger partial charge on any atom is 0.472 e. The van der Waals surface area contributed by atoms with Crippen LogP contribution in [0.15, 0.2) is 0 Å². The number of hydrogen-bond acceptors (Lipinski definition) is 15. The summed E-state index contributed by atoms with van der Waals surface area (Å²) in [7, 11) is -9.89. The molecule has 0 radical (unpaired) electrons. The zero-order valence-corrected chi connectivity index (χ0v) is 56.5. The summed E-state index contributed by atoms with van der Waals surface area (Å²) in [4.78, 5) is 72.3. The average molecular weight is 1260 g/mol. The van der Waals surface area contributed by atoms with E-state index in [1.807, 2.05) is 0 Å². The van der Waals surface area contributed by atoms with E-state index >= 15 is 0 Å². The summed E-state index contributed by atoms with van der Waals surface area (Å²) in [6, 6.07) is 0. The van der Waals surface area contributed by atoms with E-state index < -0.39 is 97.5 Å². The van der Waals surface area contributed by atoms with Gasteiger partial charge in [-0.05, 0) is 31.6 Å². The number of aliphatic hydroxyl groups is 1. The molecule has 0 fully saturated rings. The quantitative estimate of drug-likeness (QED) is 0.0222. The first-order chi connectivity index (χ1) is 41.0. The topological polar surface area (TPSA) is 237 Å². The minimum absolute atomic E-state index is 0.106. The average Bonchev–Trinajstić information content (AvgIpc) is 3.51. The lowest BCUT2D eigenvalue weighted by molar-refractivity contribution is -0.161. The standard InChI is InChI=1S/C66H128O17P2/c1-6-9-12-15-18-21-24-29-34-39-44-49-63(68)76-55-61(82-65(70)51-46-41-36-31-26-23-20-17-14-11-8-3)57-80-84(72,73)78-53-60(67)54-79-85(74,75)81-58-62(56-77-64(69)50-45-40-35-30-25-22-19-16-13-10-7-2)83-66(71)52-47-42-37-32-27-28-33-38-43-48-59(4)5/h59-62,67H,6-58H2,1-5H3,(H,72,73)(H,74,75)/t60-,61+,62+/m0/s1. The van der Waals surface area contributed by atoms with E-state index in [2.05, 4.69) is 34.6 Å². The highest BCUT2D eigenvalue weighted by Crippen LogP contribution is 2.45. The van der Waals surface area contributed by atoms with Crippen LogP contribution in [0.4, 0.5) is 0 Å². The molecule has 504 valence electrons. The van der Waals surface area contributed by atoms with E-state index in [-0.39, 0.29) is 25.7 Å². The van der Waals surface area contributed by atoms with Crippen LogP contribution in [0, 0.1) is 5.92 Å². The van der Waals surface area contributed by atoms with E-state index in [0.29, 0.717) is 25.7 Å². The molecule has 19 heteroatoms. The molecule has 3 N–H and O–H groups in total. The van der Waals surface area contributed by atoms with Crippen molar-refractivity contribution in [1.82, 2.24) is 0 Å². The molecule has 0 spiro atoms. The Hall–Kier alpha value is -1.94. The van der Waals surface area contributed by atoms with Gasteiger partial charge in [0.05, 0.1) is 26.4 Å². The summed E-state index contributed by atoms with van der Waals surface area (Å²) in [5, 5.41) is 10.6. The van der Waals surface area contributed by atoms with E-state index in [9.17, 15) is 43.2 Å². The number of carbonyl (C=O) groups is 4. The highest BCUT2D eigenvalue weighted by atomic mass is 31.2. The van der Waals surface area contributed by atoms with Gasteiger partial charge in [0.1, 0.15) is 19.3 Å². The summed E-state index contributed by atoms with van der Waals surface area (Å²) in [5.74, 6) is -1.39. The lowest BCUT2D eigenvalue weighted by Crippen LogP contribution is -2.30. The van der Waals surface area contributed by atoms with E-state index in [0.717, 1.165) is 95.8 Å². The monoisotopic (exact) mass is 1250 g/mol. The molecule has 0 aliphatic carbocycles. The predicted molar refractivity (Wildman–Crippen MR) is 340 cm³/mol. The smallest absolute Gasteiger partial charge is 0.462 e. The van der Waals surface area contributed by atoms with Crippen molar-refractivity contribution in [3.8, 4) is 0 Å². The summed E-state index contributed by atoms with van der Waals surface area (Å²) in [5.41, 5.74) is 0. The first-order valence-corrected chi connectivity index (χ1v) is 37.6. The highest BCUT2D eigenvalue weighted by molar-refractivity contribution is 7.47. The van der Waals surface area contributed by atoms with Gasteiger partial charge in [-0.25, -0.2) is 9.13 Å². The van der Waals surface area contributed by atoms with Crippen molar-refractivity contribution in [2.45, 2.75) is 355 Å². The maximum absolute atomic E-state index is 13.0. The number of aliphatic hydroxyl groups excluding tert-OH is 1. The van der Waals surface area contributed by atoms with Crippen LogP contribution < -0.4 is 0 Å².